The molecular weight excluding hydrogens is 700 g/mol. The molecule has 7 atom stereocenters. The van der Waals surface area contributed by atoms with Crippen LogP contribution in [0.25, 0.3) is 0 Å². The van der Waals surface area contributed by atoms with Crippen molar-refractivity contribution >= 4 is 35.1 Å². The Labute approximate surface area is 325 Å². The van der Waals surface area contributed by atoms with Crippen molar-refractivity contribution in [2.75, 3.05) is 56.3 Å². The number of benzene rings is 2. The van der Waals surface area contributed by atoms with E-state index in [1.165, 1.54) is 7.11 Å². The molecule has 2 aromatic rings. The van der Waals surface area contributed by atoms with Gasteiger partial charge in [0.2, 0.25) is 11.8 Å². The Bertz CT molecular complexity index is 1630. The molecule has 2 N–H and O–H groups in total. The monoisotopic (exact) mass is 758 g/mol. The number of hydrogen-bond donors (Lipinski definition) is 2. The summed E-state index contributed by atoms with van der Waals surface area (Å²) >= 11 is 0. The first-order valence-corrected chi connectivity index (χ1v) is 19.7. The minimum atomic E-state index is -1.24. The number of nitrogens with zero attached hydrogens (tertiary/aromatic N) is 3. The van der Waals surface area contributed by atoms with Crippen LogP contribution in [-0.2, 0) is 33.4 Å². The molecule has 1 spiro atoms. The lowest BCUT2D eigenvalue weighted by atomic mass is 9.70. The largest absolute Gasteiger partial charge is 0.455 e. The maximum atomic E-state index is 15.0. The Morgan fingerprint density at radius 1 is 1.04 bits per heavy atom. The zero-order chi connectivity index (χ0) is 39.5. The smallest absolute Gasteiger partial charge is 0.313 e. The average Bonchev–Trinajstić information content (AvgIpc) is 3.84. The second-order valence-corrected chi connectivity index (χ2v) is 14.5. The lowest BCUT2D eigenvalue weighted by Gasteiger charge is -2.37. The number of unbranched alkanes of at least 4 members (excludes halogenated alkanes) is 2. The average molecular weight is 759 g/mol. The summed E-state index contributed by atoms with van der Waals surface area (Å²) in [5.41, 5.74) is 1.12. The molecule has 0 aromatic heterocycles. The van der Waals surface area contributed by atoms with Crippen LogP contribution in [0.15, 0.2) is 79.9 Å². The van der Waals surface area contributed by atoms with Crippen molar-refractivity contribution in [3.05, 3.63) is 85.5 Å². The van der Waals surface area contributed by atoms with Gasteiger partial charge < -0.3 is 39.3 Å². The van der Waals surface area contributed by atoms with E-state index in [-0.39, 0.29) is 50.4 Å². The number of ether oxygens (including phenoxy) is 3. The second-order valence-electron chi connectivity index (χ2n) is 14.5. The topological polar surface area (TPSA) is 138 Å². The van der Waals surface area contributed by atoms with Crippen LogP contribution in [0.5, 0.6) is 0 Å². The lowest BCUT2D eigenvalue weighted by molar-refractivity contribution is -0.163. The van der Waals surface area contributed by atoms with E-state index in [2.05, 4.69) is 37.2 Å². The van der Waals surface area contributed by atoms with Crippen LogP contribution >= 0.6 is 0 Å². The van der Waals surface area contributed by atoms with Gasteiger partial charge >= 0.3 is 5.97 Å². The number of anilines is 2. The maximum absolute atomic E-state index is 15.0. The first kappa shape index (κ1) is 41.6. The standard InChI is InChI=1S/C43H58N4O8/c1-6-10-19-35(49)44-33(29-53-5)38(30-17-13-11-14-18-30)54-42(52)36-34-24-25-43(55-34)37(36)40(50)47(27-15-12-16-28-48)39(43)41(51)46(26-7-2)32-22-20-31(21-23-32)45(8-3)9-4/h6-7,11,13-14,17-18,20-23,33-34,36-39,48H,1-2,8-10,12,15-16,19,24-29H2,3-5H3,(H,44,49)/t33-,34+,36-,37-,38-,39+,43-/m1/s1. The Morgan fingerprint density at radius 2 is 1.75 bits per heavy atom. The van der Waals surface area contributed by atoms with Gasteiger partial charge in [-0.15, -0.1) is 13.2 Å². The van der Waals surface area contributed by atoms with Crippen molar-refractivity contribution in [2.24, 2.45) is 11.8 Å². The van der Waals surface area contributed by atoms with E-state index >= 15 is 0 Å². The van der Waals surface area contributed by atoms with Gasteiger partial charge in [-0.3, -0.25) is 19.2 Å². The Morgan fingerprint density at radius 3 is 2.38 bits per heavy atom. The Kier molecular flexibility index (Phi) is 14.7. The number of methoxy groups -OCH3 is 1. The number of likely N-dealkylation sites (tertiary alicyclic amines) is 1. The summed E-state index contributed by atoms with van der Waals surface area (Å²) in [7, 11) is 1.51. The molecular formula is C43H58N4O8. The number of amides is 3. The van der Waals surface area contributed by atoms with Crippen molar-refractivity contribution in [1.82, 2.24) is 10.2 Å². The minimum absolute atomic E-state index is 0.0273. The first-order chi connectivity index (χ1) is 26.7. The minimum Gasteiger partial charge on any atom is -0.455 e. The molecule has 5 rings (SSSR count). The Balaban J connectivity index is 1.48. The van der Waals surface area contributed by atoms with Crippen molar-refractivity contribution in [1.29, 1.82) is 0 Å². The van der Waals surface area contributed by atoms with Crippen LogP contribution in [0, 0.1) is 11.8 Å². The van der Waals surface area contributed by atoms with Gasteiger partial charge in [-0.05, 0) is 82.2 Å². The van der Waals surface area contributed by atoms with Crippen LogP contribution in [0.3, 0.4) is 0 Å². The molecule has 0 aliphatic carbocycles. The van der Waals surface area contributed by atoms with Crippen LogP contribution < -0.4 is 15.1 Å². The van der Waals surface area contributed by atoms with Gasteiger partial charge in [0.25, 0.3) is 5.91 Å². The molecule has 12 nitrogen and oxygen atoms in total. The zero-order valence-corrected chi connectivity index (χ0v) is 32.6. The summed E-state index contributed by atoms with van der Waals surface area (Å²) in [6.45, 7) is 14.1. The van der Waals surface area contributed by atoms with Gasteiger partial charge in [-0.25, -0.2) is 0 Å². The van der Waals surface area contributed by atoms with E-state index in [4.69, 9.17) is 14.2 Å². The molecule has 0 saturated carbocycles. The van der Waals surface area contributed by atoms with E-state index in [0.29, 0.717) is 49.8 Å². The van der Waals surface area contributed by atoms with Gasteiger partial charge in [0, 0.05) is 57.7 Å². The van der Waals surface area contributed by atoms with Crippen LogP contribution in [0.1, 0.15) is 70.5 Å². The molecule has 0 unspecified atom stereocenters. The van der Waals surface area contributed by atoms with Crippen molar-refractivity contribution in [3.8, 4) is 0 Å². The number of fused-ring (bicyclic) bond motifs is 1. The maximum Gasteiger partial charge on any atom is 0.313 e. The molecule has 55 heavy (non-hydrogen) atoms. The first-order valence-electron chi connectivity index (χ1n) is 19.7. The summed E-state index contributed by atoms with van der Waals surface area (Å²) in [5, 5.41) is 12.4. The number of aliphatic hydroxyl groups excluding tert-OH is 1. The summed E-state index contributed by atoms with van der Waals surface area (Å²) in [5.74, 6) is -3.38. The highest BCUT2D eigenvalue weighted by atomic mass is 16.6. The summed E-state index contributed by atoms with van der Waals surface area (Å²) in [4.78, 5) is 62.7. The predicted octanol–water partition coefficient (Wildman–Crippen LogP) is 4.97. The van der Waals surface area contributed by atoms with E-state index in [1.807, 2.05) is 54.6 Å². The molecule has 3 aliphatic rings. The van der Waals surface area contributed by atoms with Crippen LogP contribution in [0.4, 0.5) is 11.4 Å². The molecule has 2 bridgehead atoms. The van der Waals surface area contributed by atoms with E-state index < -0.39 is 47.7 Å². The normalized spacial score (nSPS) is 23.5. The molecule has 0 radical (unpaired) electrons. The highest BCUT2D eigenvalue weighted by molar-refractivity contribution is 6.04. The van der Waals surface area contributed by atoms with Crippen molar-refractivity contribution < 1.29 is 38.5 Å². The molecule has 298 valence electrons. The molecule has 3 heterocycles. The number of carbonyl (C=O) groups is 4. The number of rotatable bonds is 22. The molecule has 12 heteroatoms. The van der Waals surface area contributed by atoms with E-state index in [1.54, 1.807) is 22.0 Å². The third kappa shape index (κ3) is 8.82. The van der Waals surface area contributed by atoms with Gasteiger partial charge in [0.1, 0.15) is 17.7 Å². The number of carbonyl (C=O) groups excluding carboxylic acids is 4. The van der Waals surface area contributed by atoms with E-state index in [0.717, 1.165) is 18.8 Å². The summed E-state index contributed by atoms with van der Waals surface area (Å²) < 4.78 is 18.6. The highest BCUT2D eigenvalue weighted by Crippen LogP contribution is 2.59. The number of esters is 1. The van der Waals surface area contributed by atoms with Gasteiger partial charge in [-0.2, -0.15) is 0 Å². The number of hydrogen-bond acceptors (Lipinski definition) is 9. The second kappa shape index (κ2) is 19.4. The number of allylic oxidation sites excluding steroid dienone is 1. The quantitative estimate of drug-likeness (QED) is 0.0969. The lowest BCUT2D eigenvalue weighted by Crippen LogP contribution is -2.56. The van der Waals surface area contributed by atoms with Gasteiger partial charge in [0.15, 0.2) is 0 Å². The fourth-order valence-electron chi connectivity index (χ4n) is 8.67. The number of nitrogens with one attached hydrogen (secondary N) is 1. The summed E-state index contributed by atoms with van der Waals surface area (Å²) in [6, 6.07) is 15.2. The van der Waals surface area contributed by atoms with Crippen molar-refractivity contribution in [2.45, 2.75) is 88.7 Å². The molecule has 3 aliphatic heterocycles. The molecule has 3 amide bonds. The third-order valence-electron chi connectivity index (χ3n) is 11.2. The number of aliphatic hydroxyl groups is 1. The van der Waals surface area contributed by atoms with Gasteiger partial charge in [-0.1, -0.05) is 42.5 Å². The molecule has 3 saturated heterocycles. The van der Waals surface area contributed by atoms with E-state index in [9.17, 15) is 24.3 Å². The zero-order valence-electron chi connectivity index (χ0n) is 32.6. The van der Waals surface area contributed by atoms with Crippen molar-refractivity contribution in [3.63, 3.8) is 0 Å². The fourth-order valence-corrected chi connectivity index (χ4v) is 8.67. The SMILES string of the molecule is C=CCCC(=O)N[C@H](COC)[C@H](OC(=O)[C@@H]1[C@@H]2CC[C@]3(O2)[C@H](C(=O)N(CC=C)c2ccc(N(CC)CC)cc2)N(CCCCCO)C(=O)[C@@H]13)c1ccccc1. The molecule has 2 aromatic carbocycles. The third-order valence-corrected chi connectivity index (χ3v) is 11.2. The van der Waals surface area contributed by atoms with Crippen LogP contribution in [-0.4, -0.2) is 104 Å². The molecule has 3 fully saturated rings. The Hall–Kier alpha value is -4.52. The van der Waals surface area contributed by atoms with Gasteiger partial charge in [0.05, 0.1) is 30.6 Å². The summed E-state index contributed by atoms with van der Waals surface area (Å²) in [6.07, 6.45) is 5.16. The van der Waals surface area contributed by atoms with Crippen LogP contribution in [0.2, 0.25) is 0 Å². The fraction of sp³-hybridized carbons (Fsp3) is 0.535. The highest BCUT2D eigenvalue weighted by Gasteiger charge is 2.75. The predicted molar refractivity (Wildman–Crippen MR) is 211 cm³/mol.